The molecule has 2 N–H and O–H groups in total. The van der Waals surface area contributed by atoms with Crippen LogP contribution in [-0.4, -0.2) is 42.1 Å². The van der Waals surface area contributed by atoms with E-state index in [0.717, 1.165) is 23.0 Å². The van der Waals surface area contributed by atoms with E-state index in [1.807, 2.05) is 18.2 Å². The lowest BCUT2D eigenvalue weighted by molar-refractivity contribution is -0.141. The van der Waals surface area contributed by atoms with Crippen LogP contribution in [0.1, 0.15) is 11.4 Å². The van der Waals surface area contributed by atoms with Crippen LogP contribution >= 0.6 is 23.2 Å². The van der Waals surface area contributed by atoms with E-state index in [1.165, 1.54) is 18.5 Å². The maximum absolute atomic E-state index is 12.7. The Bertz CT molecular complexity index is 1730. The first-order valence-corrected chi connectivity index (χ1v) is 12.2. The topological polar surface area (TPSA) is 114 Å². The lowest BCUT2D eigenvalue weighted by atomic mass is 9.81. The summed E-state index contributed by atoms with van der Waals surface area (Å²) in [6.45, 7) is 0. The molecule has 4 aromatic heterocycles. The van der Waals surface area contributed by atoms with Gasteiger partial charge >= 0.3 is 19.5 Å². The van der Waals surface area contributed by atoms with E-state index in [1.54, 1.807) is 18.3 Å². The molecule has 0 unspecified atom stereocenters. The summed E-state index contributed by atoms with van der Waals surface area (Å²) in [4.78, 5) is 18.7. The zero-order valence-electron chi connectivity index (χ0n) is 20.6. The van der Waals surface area contributed by atoms with Gasteiger partial charge < -0.3 is 14.8 Å². The summed E-state index contributed by atoms with van der Waals surface area (Å²) >= 11 is 11.2. The number of nitrogens with zero attached hydrogens (tertiary/aromatic N) is 5. The molecule has 0 spiro atoms. The van der Waals surface area contributed by atoms with Gasteiger partial charge in [-0.05, 0) is 36.4 Å². The molecule has 5 rings (SSSR count). The molecule has 0 aliphatic carbocycles. The van der Waals surface area contributed by atoms with Gasteiger partial charge in [0.25, 0.3) is 0 Å². The molecule has 0 bridgehead atoms. The lowest BCUT2D eigenvalue weighted by Gasteiger charge is -2.10. The predicted octanol–water partition coefficient (Wildman–Crippen LogP) is 5.98. The van der Waals surface area contributed by atoms with Crippen molar-refractivity contribution >= 4 is 46.7 Å². The first-order chi connectivity index (χ1) is 19.7. The van der Waals surface area contributed by atoms with Crippen molar-refractivity contribution in [2.75, 3.05) is 0 Å². The van der Waals surface area contributed by atoms with Crippen LogP contribution < -0.4 is 10.2 Å². The van der Waals surface area contributed by atoms with Crippen molar-refractivity contribution < 1.29 is 41.1 Å². The molecule has 17 heteroatoms. The number of hydrogen-bond acceptors (Lipinski definition) is 8. The van der Waals surface area contributed by atoms with Gasteiger partial charge in [-0.3, -0.25) is 4.98 Å². The Morgan fingerprint density at radius 2 is 1.40 bits per heavy atom. The van der Waals surface area contributed by atoms with Crippen molar-refractivity contribution in [1.29, 1.82) is 0 Å². The minimum atomic E-state index is -4.59. The molecule has 216 valence electrons. The van der Waals surface area contributed by atoms with Gasteiger partial charge in [-0.2, -0.15) is 26.3 Å². The van der Waals surface area contributed by atoms with Crippen molar-refractivity contribution in [3.63, 3.8) is 0 Å². The third kappa shape index (κ3) is 7.61. The molecule has 0 amide bonds. The molecule has 0 aliphatic rings. The van der Waals surface area contributed by atoms with Crippen molar-refractivity contribution in [1.82, 2.24) is 24.9 Å². The van der Waals surface area contributed by atoms with Gasteiger partial charge in [0.15, 0.2) is 0 Å². The van der Waals surface area contributed by atoms with Crippen molar-refractivity contribution in [2.45, 2.75) is 12.4 Å². The molecule has 42 heavy (non-hydrogen) atoms. The summed E-state index contributed by atoms with van der Waals surface area (Å²) < 4.78 is 80.1. The fraction of sp³-hybridized carbons (Fsp3) is 0.0800. The Labute approximate surface area is 242 Å². The Morgan fingerprint density at radius 1 is 0.738 bits per heavy atom. The highest BCUT2D eigenvalue weighted by atomic mass is 35.5. The second-order valence-electron chi connectivity index (χ2n) is 8.18. The van der Waals surface area contributed by atoms with E-state index in [4.69, 9.17) is 38.0 Å². The molecule has 0 aliphatic heterocycles. The molecular weight excluding hydrogens is 614 g/mol. The quantitative estimate of drug-likeness (QED) is 0.142. The van der Waals surface area contributed by atoms with Gasteiger partial charge in [0.2, 0.25) is 5.88 Å². The van der Waals surface area contributed by atoms with Crippen molar-refractivity contribution in [3.05, 3.63) is 94.9 Å². The van der Waals surface area contributed by atoms with Crippen LogP contribution in [0, 0.1) is 0 Å². The fourth-order valence-corrected chi connectivity index (χ4v) is 3.85. The molecule has 1 aromatic carbocycles. The van der Waals surface area contributed by atoms with Crippen LogP contribution in [0.15, 0.2) is 73.2 Å². The van der Waals surface area contributed by atoms with Crippen LogP contribution in [0.25, 0.3) is 22.2 Å². The van der Waals surface area contributed by atoms with E-state index < -0.39 is 36.0 Å². The summed E-state index contributed by atoms with van der Waals surface area (Å²) in [7, 11) is -1.93. The molecule has 5 aromatic rings. The van der Waals surface area contributed by atoms with Crippen LogP contribution in [0.4, 0.5) is 26.3 Å². The molecule has 0 saturated carbocycles. The first kappa shape index (κ1) is 30.9. The summed E-state index contributed by atoms with van der Waals surface area (Å²) in [6.07, 6.45) is -6.26. The van der Waals surface area contributed by atoms with Crippen LogP contribution in [0.2, 0.25) is 10.3 Å². The monoisotopic (exact) mass is 627 g/mol. The summed E-state index contributed by atoms with van der Waals surface area (Å²) in [6, 6.07) is 14.2. The summed E-state index contributed by atoms with van der Waals surface area (Å²) in [5.41, 5.74) is -1.23. The molecule has 8 nitrogen and oxygen atoms in total. The number of hydrogen-bond donors (Lipinski definition) is 2. The van der Waals surface area contributed by atoms with E-state index >= 15 is 0 Å². The average Bonchev–Trinajstić information content (AvgIpc) is 2.92. The zero-order chi connectivity index (χ0) is 30.7. The third-order valence-electron chi connectivity index (χ3n) is 5.30. The number of alkyl halides is 6. The molecule has 4 heterocycles. The molecule has 0 saturated heterocycles. The Balaban J connectivity index is 0.000000244. The average molecular weight is 628 g/mol. The second-order valence-corrected chi connectivity index (χ2v) is 8.90. The predicted molar refractivity (Wildman–Crippen MR) is 141 cm³/mol. The third-order valence-corrected chi connectivity index (χ3v) is 5.89. The van der Waals surface area contributed by atoms with Gasteiger partial charge in [0.05, 0.1) is 11.2 Å². The Kier molecular flexibility index (Phi) is 9.16. The van der Waals surface area contributed by atoms with Gasteiger partial charge in [-0.15, -0.1) is 0 Å². The van der Waals surface area contributed by atoms with Gasteiger partial charge in [0.1, 0.15) is 33.8 Å². The van der Waals surface area contributed by atoms with E-state index in [9.17, 15) is 26.3 Å². The smallest absolute Gasteiger partial charge is 0.439 e. The number of halogens is 8. The number of pyridine rings is 3. The van der Waals surface area contributed by atoms with Gasteiger partial charge in [0, 0.05) is 34.7 Å². The van der Waals surface area contributed by atoms with Crippen LogP contribution in [-0.2, 0) is 12.4 Å². The second kappa shape index (κ2) is 12.4. The number of fused-ring (bicyclic) bond motifs is 1. The van der Waals surface area contributed by atoms with Crippen LogP contribution in [0.3, 0.4) is 0 Å². The Hall–Kier alpha value is -4.05. The largest absolute Gasteiger partial charge is 0.491 e. The van der Waals surface area contributed by atoms with E-state index in [0.29, 0.717) is 11.8 Å². The number of benzene rings is 1. The molecular formula is C25H14BCl2F6N5O3. The van der Waals surface area contributed by atoms with E-state index in [2.05, 4.69) is 24.9 Å². The number of aromatic nitrogens is 5. The van der Waals surface area contributed by atoms with Crippen molar-refractivity contribution in [3.8, 4) is 22.9 Å². The number of ether oxygens (including phenoxy) is 1. The normalized spacial score (nSPS) is 11.6. The maximum atomic E-state index is 12.7. The maximum Gasteiger partial charge on any atom is 0.491 e. The summed E-state index contributed by atoms with van der Waals surface area (Å²) in [5, 5.41) is 17.4. The Morgan fingerprint density at radius 3 is 2.02 bits per heavy atom. The lowest BCUT2D eigenvalue weighted by Crippen LogP contribution is -2.32. The molecule has 0 fully saturated rings. The minimum absolute atomic E-state index is 0.205. The molecule has 0 radical (unpaired) electrons. The highest BCUT2D eigenvalue weighted by molar-refractivity contribution is 6.62. The zero-order valence-corrected chi connectivity index (χ0v) is 22.1. The summed E-state index contributed by atoms with van der Waals surface area (Å²) in [5.74, 6) is 0.712. The highest BCUT2D eigenvalue weighted by Gasteiger charge is 2.34. The van der Waals surface area contributed by atoms with Gasteiger partial charge in [-0.1, -0.05) is 35.3 Å². The standard InChI is InChI=1S/C19H10ClF3N4O.C6H4BClF3NO2/c20-18-13(5-6-16(27-18)19(21,22)23)15-9-17(26-10-25-15)28-12-4-3-11-2-1-7-24-14(11)8-12;8-5-3(7(13)14)1-2-4(12-5)6(9,10)11/h1-10H;1-2,13-14H. The SMILES string of the molecule is FC(F)(F)c1ccc(-c2cc(Oc3ccc4cccnc4c3)ncn2)c(Cl)n1.OB(O)c1ccc(C(F)(F)F)nc1Cl. The van der Waals surface area contributed by atoms with E-state index in [-0.39, 0.29) is 27.8 Å². The van der Waals surface area contributed by atoms with Crippen molar-refractivity contribution in [2.24, 2.45) is 0 Å². The highest BCUT2D eigenvalue weighted by Crippen LogP contribution is 2.33. The van der Waals surface area contributed by atoms with Gasteiger partial charge in [-0.25, -0.2) is 19.9 Å². The first-order valence-electron chi connectivity index (χ1n) is 11.4. The molecule has 0 atom stereocenters. The number of rotatable bonds is 4. The fourth-order valence-electron chi connectivity index (χ4n) is 3.35. The minimum Gasteiger partial charge on any atom is -0.439 e. The van der Waals surface area contributed by atoms with Crippen LogP contribution in [0.5, 0.6) is 11.6 Å².